The van der Waals surface area contributed by atoms with Gasteiger partial charge in [0.1, 0.15) is 16.2 Å². The van der Waals surface area contributed by atoms with E-state index in [-0.39, 0.29) is 43.9 Å². The van der Waals surface area contributed by atoms with Gasteiger partial charge in [-0.3, -0.25) is 4.79 Å². The quantitative estimate of drug-likeness (QED) is 0.682. The Hall–Kier alpha value is -2.87. The van der Waals surface area contributed by atoms with Gasteiger partial charge >= 0.3 is 5.97 Å². The molecule has 0 unspecified atom stereocenters. The Morgan fingerprint density at radius 1 is 1.15 bits per heavy atom. The molecule has 0 aliphatic heterocycles. The van der Waals surface area contributed by atoms with Crippen LogP contribution in [0.2, 0.25) is 0 Å². The van der Waals surface area contributed by atoms with Crippen molar-refractivity contribution in [2.24, 2.45) is 0 Å². The third-order valence-corrected chi connectivity index (χ3v) is 5.72. The van der Waals surface area contributed by atoms with Crippen molar-refractivity contribution in [3.8, 4) is 5.75 Å². The Labute approximate surface area is 148 Å². The Kier molecular flexibility index (Phi) is 4.45. The first-order valence-electron chi connectivity index (χ1n) is 7.92. The molecule has 2 aromatic carbocycles. The fraction of sp³-hybridized carbons (Fsp3) is 0.222. The fourth-order valence-corrected chi connectivity index (χ4v) is 3.71. The van der Waals surface area contributed by atoms with Crippen LogP contribution in [0.3, 0.4) is 0 Å². The van der Waals surface area contributed by atoms with Gasteiger partial charge in [-0.05, 0) is 31.2 Å². The number of carboxylic acid groups (broad SMARTS) is 1. The van der Waals surface area contributed by atoms with Crippen LogP contribution in [-0.4, -0.2) is 31.9 Å². The zero-order valence-corrected chi connectivity index (χ0v) is 14.9. The van der Waals surface area contributed by atoms with Crippen LogP contribution in [0.15, 0.2) is 44.4 Å². The Balaban J connectivity index is 2.49. The summed E-state index contributed by atoms with van der Waals surface area (Å²) < 4.78 is 36.0. The summed E-state index contributed by atoms with van der Waals surface area (Å²) in [6.45, 7) is 3.52. The van der Waals surface area contributed by atoms with Gasteiger partial charge in [-0.15, -0.1) is 0 Å². The van der Waals surface area contributed by atoms with Crippen molar-refractivity contribution >= 4 is 37.7 Å². The number of hydrogen-bond acceptors (Lipinski definition) is 6. The highest BCUT2D eigenvalue weighted by Gasteiger charge is 2.22. The van der Waals surface area contributed by atoms with Crippen LogP contribution < -0.4 is 10.2 Å². The minimum Gasteiger partial charge on any atom is -0.494 e. The van der Waals surface area contributed by atoms with Gasteiger partial charge in [0.15, 0.2) is 15.4 Å². The van der Waals surface area contributed by atoms with Crippen molar-refractivity contribution in [3.05, 3.63) is 46.1 Å². The van der Waals surface area contributed by atoms with Gasteiger partial charge in [-0.2, -0.15) is 0 Å². The van der Waals surface area contributed by atoms with E-state index in [1.165, 1.54) is 37.3 Å². The summed E-state index contributed by atoms with van der Waals surface area (Å²) in [4.78, 5) is 23.9. The summed E-state index contributed by atoms with van der Waals surface area (Å²) >= 11 is 0. The maximum absolute atomic E-state index is 12.9. The summed E-state index contributed by atoms with van der Waals surface area (Å²) in [5, 5.41) is 9.20. The molecule has 0 spiro atoms. The summed E-state index contributed by atoms with van der Waals surface area (Å²) in [7, 11) is -3.68. The maximum Gasteiger partial charge on any atom is 0.335 e. The standard InChI is InChI=1S/C18H16O7S/c1-3-24-11-8-13-16(19)12-7-10(18(20)21)5-6-14(12)25-17(13)15(9-11)26(22,23)4-2/h5-9H,3-4H2,1-2H3,(H,20,21). The second kappa shape index (κ2) is 6.45. The van der Waals surface area contributed by atoms with E-state index in [4.69, 9.17) is 14.3 Å². The van der Waals surface area contributed by atoms with Crippen LogP contribution in [0, 0.1) is 0 Å². The lowest BCUT2D eigenvalue weighted by Gasteiger charge is -2.11. The molecule has 3 aromatic rings. The second-order valence-corrected chi connectivity index (χ2v) is 7.83. The van der Waals surface area contributed by atoms with E-state index in [1.54, 1.807) is 6.92 Å². The fourth-order valence-electron chi connectivity index (χ4n) is 2.67. The largest absolute Gasteiger partial charge is 0.494 e. The van der Waals surface area contributed by atoms with Crippen molar-refractivity contribution in [3.63, 3.8) is 0 Å². The summed E-state index contributed by atoms with van der Waals surface area (Å²) in [5.41, 5.74) is -0.523. The van der Waals surface area contributed by atoms with E-state index in [9.17, 15) is 18.0 Å². The third-order valence-electron chi connectivity index (χ3n) is 3.98. The predicted molar refractivity (Wildman–Crippen MR) is 95.8 cm³/mol. The van der Waals surface area contributed by atoms with E-state index in [1.807, 2.05) is 0 Å². The number of carboxylic acids is 1. The molecule has 0 amide bonds. The molecule has 136 valence electrons. The van der Waals surface area contributed by atoms with Gasteiger partial charge in [-0.1, -0.05) is 6.92 Å². The first kappa shape index (κ1) is 17.9. The van der Waals surface area contributed by atoms with Gasteiger partial charge in [0.2, 0.25) is 5.43 Å². The average molecular weight is 376 g/mol. The zero-order chi connectivity index (χ0) is 19.1. The van der Waals surface area contributed by atoms with Crippen molar-refractivity contribution in [1.82, 2.24) is 0 Å². The van der Waals surface area contributed by atoms with Crippen molar-refractivity contribution < 1.29 is 27.5 Å². The van der Waals surface area contributed by atoms with Crippen LogP contribution in [0.4, 0.5) is 0 Å². The molecule has 1 N–H and O–H groups in total. The Morgan fingerprint density at radius 2 is 1.88 bits per heavy atom. The molecule has 8 heteroatoms. The second-order valence-electron chi connectivity index (χ2n) is 5.58. The Bertz CT molecular complexity index is 1190. The molecule has 3 rings (SSSR count). The van der Waals surface area contributed by atoms with Gasteiger partial charge in [-0.25, -0.2) is 13.2 Å². The number of hydrogen-bond donors (Lipinski definition) is 1. The van der Waals surface area contributed by atoms with Crippen molar-refractivity contribution in [1.29, 1.82) is 0 Å². The molecule has 0 radical (unpaired) electrons. The maximum atomic E-state index is 12.9. The smallest absolute Gasteiger partial charge is 0.335 e. The van der Waals surface area contributed by atoms with Crippen LogP contribution in [0.25, 0.3) is 21.9 Å². The molecule has 1 aromatic heterocycles. The number of ether oxygens (including phenoxy) is 1. The van der Waals surface area contributed by atoms with E-state index in [0.717, 1.165) is 0 Å². The minimum absolute atomic E-state index is 0.0259. The summed E-state index contributed by atoms with van der Waals surface area (Å²) in [6, 6.07) is 6.60. The van der Waals surface area contributed by atoms with Gasteiger partial charge in [0.05, 0.1) is 28.7 Å². The molecular formula is C18H16O7S. The predicted octanol–water partition coefficient (Wildman–Crippen LogP) is 2.84. The van der Waals surface area contributed by atoms with Crippen molar-refractivity contribution in [2.75, 3.05) is 12.4 Å². The highest BCUT2D eigenvalue weighted by Crippen LogP contribution is 2.30. The molecule has 0 saturated carbocycles. The van der Waals surface area contributed by atoms with Crippen LogP contribution in [0.1, 0.15) is 24.2 Å². The molecule has 7 nitrogen and oxygen atoms in total. The third kappa shape index (κ3) is 2.92. The topological polar surface area (TPSA) is 111 Å². The first-order valence-corrected chi connectivity index (χ1v) is 9.57. The SMILES string of the molecule is CCOc1cc(S(=O)(=O)CC)c2oc3ccc(C(=O)O)cc3c(=O)c2c1. The molecule has 26 heavy (non-hydrogen) atoms. The molecule has 1 heterocycles. The number of carbonyl (C=O) groups is 1. The van der Waals surface area contributed by atoms with E-state index < -0.39 is 21.2 Å². The number of benzene rings is 2. The zero-order valence-electron chi connectivity index (χ0n) is 14.1. The monoisotopic (exact) mass is 376 g/mol. The van der Waals surface area contributed by atoms with Crippen LogP contribution in [-0.2, 0) is 9.84 Å². The molecule has 0 saturated heterocycles. The highest BCUT2D eigenvalue weighted by atomic mass is 32.2. The van der Waals surface area contributed by atoms with Gasteiger partial charge < -0.3 is 14.3 Å². The molecule has 0 atom stereocenters. The lowest BCUT2D eigenvalue weighted by molar-refractivity contribution is 0.0697. The lowest BCUT2D eigenvalue weighted by Crippen LogP contribution is -2.10. The molecule has 0 aliphatic rings. The van der Waals surface area contributed by atoms with Gasteiger partial charge in [0.25, 0.3) is 0 Å². The first-order chi connectivity index (χ1) is 12.3. The van der Waals surface area contributed by atoms with Crippen LogP contribution in [0.5, 0.6) is 5.75 Å². The number of fused-ring (bicyclic) bond motifs is 2. The minimum atomic E-state index is -3.68. The normalized spacial score (nSPS) is 11.8. The lowest BCUT2D eigenvalue weighted by atomic mass is 10.1. The number of rotatable bonds is 5. The summed E-state index contributed by atoms with van der Waals surface area (Å²) in [6.07, 6.45) is 0. The van der Waals surface area contributed by atoms with E-state index in [0.29, 0.717) is 6.61 Å². The molecular weight excluding hydrogens is 360 g/mol. The highest BCUT2D eigenvalue weighted by molar-refractivity contribution is 7.91. The molecule has 0 fully saturated rings. The Morgan fingerprint density at radius 3 is 2.50 bits per heavy atom. The van der Waals surface area contributed by atoms with Crippen molar-refractivity contribution in [2.45, 2.75) is 18.7 Å². The molecule has 0 aliphatic carbocycles. The van der Waals surface area contributed by atoms with Crippen LogP contribution >= 0.6 is 0 Å². The number of aromatic carboxylic acids is 1. The summed E-state index contributed by atoms with van der Waals surface area (Å²) in [5.74, 6) is -1.12. The average Bonchev–Trinajstić information content (AvgIpc) is 2.61. The van der Waals surface area contributed by atoms with Gasteiger partial charge in [0, 0.05) is 6.07 Å². The van der Waals surface area contributed by atoms with E-state index in [2.05, 4.69) is 0 Å². The molecule has 0 bridgehead atoms. The number of sulfone groups is 1. The van der Waals surface area contributed by atoms with E-state index >= 15 is 0 Å².